The number of carbonyl (C=O) groups is 1. The first kappa shape index (κ1) is 20.0. The molecular weight excluding hydrogens is 430 g/mol. The summed E-state index contributed by atoms with van der Waals surface area (Å²) >= 11 is 0. The van der Waals surface area contributed by atoms with E-state index in [0.29, 0.717) is 5.58 Å². The third-order valence-corrected chi connectivity index (χ3v) is 5.89. The van der Waals surface area contributed by atoms with Crippen molar-refractivity contribution in [2.75, 3.05) is 0 Å². The van der Waals surface area contributed by atoms with E-state index in [1.54, 1.807) is 18.2 Å². The van der Waals surface area contributed by atoms with E-state index in [0.717, 1.165) is 33.1 Å². The first-order valence-electron chi connectivity index (χ1n) is 10.8. The average Bonchev–Trinajstić information content (AvgIpc) is 3.46. The molecule has 5 aromatic rings. The highest BCUT2D eigenvalue weighted by Crippen LogP contribution is 2.40. The van der Waals surface area contributed by atoms with Crippen LogP contribution in [0.4, 0.5) is 0 Å². The van der Waals surface area contributed by atoms with Crippen molar-refractivity contribution in [2.24, 2.45) is 5.10 Å². The maximum Gasteiger partial charge on any atom is 0.349 e. The van der Waals surface area contributed by atoms with Gasteiger partial charge in [0.25, 0.3) is 0 Å². The number of para-hydroxylation sites is 2. The molecule has 0 radical (unpaired) electrons. The second kappa shape index (κ2) is 7.74. The lowest BCUT2D eigenvalue weighted by molar-refractivity contribution is -0.135. The molecule has 1 aliphatic heterocycles. The summed E-state index contributed by atoms with van der Waals surface area (Å²) in [6.45, 7) is 1.42. The fourth-order valence-corrected chi connectivity index (χ4v) is 4.33. The Morgan fingerprint density at radius 3 is 2.53 bits per heavy atom. The quantitative estimate of drug-likeness (QED) is 0.385. The van der Waals surface area contributed by atoms with Crippen LogP contribution in [-0.4, -0.2) is 21.8 Å². The second-order valence-electron chi connectivity index (χ2n) is 8.05. The fraction of sp³-hybridized carbons (Fsp3) is 0.0741. The van der Waals surface area contributed by atoms with Crippen molar-refractivity contribution in [3.8, 4) is 11.3 Å². The molecule has 34 heavy (non-hydrogen) atoms. The zero-order chi connectivity index (χ0) is 23.2. The summed E-state index contributed by atoms with van der Waals surface area (Å²) in [5.41, 5.74) is 3.48. The molecule has 0 aliphatic carbocycles. The minimum Gasteiger partial charge on any atom is -0.445 e. The van der Waals surface area contributed by atoms with Crippen LogP contribution in [0.25, 0.3) is 33.1 Å². The second-order valence-corrected chi connectivity index (χ2v) is 8.05. The number of aromatic nitrogens is 1. The van der Waals surface area contributed by atoms with Gasteiger partial charge in [-0.2, -0.15) is 5.01 Å². The van der Waals surface area contributed by atoms with Crippen LogP contribution in [-0.2, 0) is 9.53 Å². The lowest BCUT2D eigenvalue weighted by Gasteiger charge is -2.20. The molecule has 166 valence electrons. The minimum atomic E-state index is -0.857. The van der Waals surface area contributed by atoms with Crippen molar-refractivity contribution in [3.05, 3.63) is 106 Å². The van der Waals surface area contributed by atoms with E-state index in [1.165, 1.54) is 11.9 Å². The van der Waals surface area contributed by atoms with Gasteiger partial charge in [-0.15, -0.1) is 5.10 Å². The molecular formula is C27H19N3O4. The summed E-state index contributed by atoms with van der Waals surface area (Å²) in [7, 11) is 0. The lowest BCUT2D eigenvalue weighted by Crippen LogP contribution is -2.25. The van der Waals surface area contributed by atoms with E-state index in [4.69, 9.17) is 9.15 Å². The van der Waals surface area contributed by atoms with Crippen molar-refractivity contribution < 1.29 is 13.9 Å². The van der Waals surface area contributed by atoms with Gasteiger partial charge in [0.2, 0.25) is 18.0 Å². The number of fused-ring (bicyclic) bond motifs is 2. The summed E-state index contributed by atoms with van der Waals surface area (Å²) in [4.78, 5) is 28.8. The lowest BCUT2D eigenvalue weighted by atomic mass is 10.0. The zero-order valence-corrected chi connectivity index (χ0v) is 18.2. The molecule has 0 saturated carbocycles. The molecule has 1 aliphatic rings. The van der Waals surface area contributed by atoms with Crippen LogP contribution < -0.4 is 5.63 Å². The van der Waals surface area contributed by atoms with Crippen molar-refractivity contribution in [1.29, 1.82) is 0 Å². The van der Waals surface area contributed by atoms with Gasteiger partial charge in [-0.3, -0.25) is 4.79 Å². The molecule has 1 N–H and O–H groups in total. The average molecular weight is 449 g/mol. The Morgan fingerprint density at radius 1 is 0.971 bits per heavy atom. The maximum absolute atomic E-state index is 12.8. The minimum absolute atomic E-state index is 0.0454. The molecule has 0 saturated heterocycles. The standard InChI is InChI=1S/C27H19N3O4/c1-16(31)30-26(34-25(29-30)20-15-18-11-5-8-14-22(18)33-27(20)32)23-19-12-6-7-13-21(19)28-24(23)17-9-3-2-4-10-17/h2-15,26,28H,1H3. The molecule has 2 aromatic heterocycles. The molecule has 3 aromatic carbocycles. The van der Waals surface area contributed by atoms with Crippen molar-refractivity contribution in [1.82, 2.24) is 9.99 Å². The molecule has 7 heteroatoms. The van der Waals surface area contributed by atoms with Crippen molar-refractivity contribution >= 4 is 33.7 Å². The number of benzene rings is 3. The smallest absolute Gasteiger partial charge is 0.349 e. The number of nitrogens with zero attached hydrogens (tertiary/aromatic N) is 2. The van der Waals surface area contributed by atoms with Gasteiger partial charge in [-0.25, -0.2) is 4.79 Å². The van der Waals surface area contributed by atoms with Crippen molar-refractivity contribution in [2.45, 2.75) is 13.2 Å². The predicted molar refractivity (Wildman–Crippen MR) is 129 cm³/mol. The molecule has 6 rings (SSSR count). The van der Waals surface area contributed by atoms with Crippen LogP contribution >= 0.6 is 0 Å². The van der Waals surface area contributed by atoms with Crippen LogP contribution in [0.5, 0.6) is 0 Å². The van der Waals surface area contributed by atoms with E-state index < -0.39 is 11.9 Å². The van der Waals surface area contributed by atoms with Gasteiger partial charge in [0.05, 0.1) is 5.69 Å². The number of aromatic amines is 1. The van der Waals surface area contributed by atoms with Gasteiger partial charge < -0.3 is 14.1 Å². The number of H-pyrrole nitrogens is 1. The summed E-state index contributed by atoms with van der Waals surface area (Å²) < 4.78 is 11.7. The predicted octanol–water partition coefficient (Wildman–Crippen LogP) is 5.18. The van der Waals surface area contributed by atoms with E-state index in [9.17, 15) is 9.59 Å². The van der Waals surface area contributed by atoms with E-state index in [1.807, 2.05) is 66.7 Å². The Hall–Kier alpha value is -4.65. The Balaban J connectivity index is 1.52. The van der Waals surface area contributed by atoms with Gasteiger partial charge in [0.1, 0.15) is 11.1 Å². The first-order chi connectivity index (χ1) is 16.6. The fourth-order valence-electron chi connectivity index (χ4n) is 4.33. The topological polar surface area (TPSA) is 87.9 Å². The van der Waals surface area contributed by atoms with E-state index in [-0.39, 0.29) is 17.4 Å². The van der Waals surface area contributed by atoms with Crippen LogP contribution in [0, 0.1) is 0 Å². The third-order valence-electron chi connectivity index (χ3n) is 5.89. The largest absolute Gasteiger partial charge is 0.445 e. The molecule has 0 bridgehead atoms. The summed E-state index contributed by atoms with van der Waals surface area (Å²) in [5.74, 6) is -0.265. The zero-order valence-electron chi connectivity index (χ0n) is 18.2. The summed E-state index contributed by atoms with van der Waals surface area (Å²) in [6.07, 6.45) is -0.857. The molecule has 0 spiro atoms. The first-order valence-corrected chi connectivity index (χ1v) is 10.8. The Morgan fingerprint density at radius 2 is 1.71 bits per heavy atom. The van der Waals surface area contributed by atoms with E-state index in [2.05, 4.69) is 10.1 Å². The van der Waals surface area contributed by atoms with Gasteiger partial charge >= 0.3 is 5.63 Å². The highest BCUT2D eigenvalue weighted by molar-refractivity contribution is 5.99. The highest BCUT2D eigenvalue weighted by Gasteiger charge is 2.38. The maximum atomic E-state index is 12.8. The number of hydrogen-bond donors (Lipinski definition) is 1. The summed E-state index contributed by atoms with van der Waals surface area (Å²) in [6, 6.07) is 26.5. The Labute approximate surface area is 193 Å². The molecule has 1 amide bonds. The van der Waals surface area contributed by atoms with Crippen LogP contribution in [0.3, 0.4) is 0 Å². The number of ether oxygens (including phenoxy) is 1. The third kappa shape index (κ3) is 3.17. The van der Waals surface area contributed by atoms with E-state index >= 15 is 0 Å². The molecule has 1 unspecified atom stereocenters. The van der Waals surface area contributed by atoms with Crippen molar-refractivity contribution in [3.63, 3.8) is 0 Å². The Bertz CT molecular complexity index is 1650. The number of amides is 1. The summed E-state index contributed by atoms with van der Waals surface area (Å²) in [5, 5.41) is 7.32. The molecule has 3 heterocycles. The monoisotopic (exact) mass is 449 g/mol. The van der Waals surface area contributed by atoms with Crippen LogP contribution in [0.2, 0.25) is 0 Å². The van der Waals surface area contributed by atoms with Gasteiger partial charge in [-0.05, 0) is 23.8 Å². The SMILES string of the molecule is CC(=O)N1N=C(c2cc3ccccc3oc2=O)OC1c1c(-c2ccccc2)[nH]c2ccccc12. The molecule has 1 atom stereocenters. The number of nitrogens with one attached hydrogen (secondary N) is 1. The van der Waals surface area contributed by atoms with Gasteiger partial charge in [0.15, 0.2) is 0 Å². The molecule has 7 nitrogen and oxygen atoms in total. The van der Waals surface area contributed by atoms with Gasteiger partial charge in [0, 0.05) is 28.8 Å². The number of hydrogen-bond acceptors (Lipinski definition) is 5. The highest BCUT2D eigenvalue weighted by atomic mass is 16.5. The number of rotatable bonds is 3. The van der Waals surface area contributed by atoms with Crippen LogP contribution in [0.1, 0.15) is 24.3 Å². The number of hydrazone groups is 1. The van der Waals surface area contributed by atoms with Gasteiger partial charge in [-0.1, -0.05) is 66.7 Å². The number of carbonyl (C=O) groups excluding carboxylic acids is 1. The Kier molecular flexibility index (Phi) is 4.55. The normalized spacial score (nSPS) is 15.5. The molecule has 0 fully saturated rings. The van der Waals surface area contributed by atoms with Crippen LogP contribution in [0.15, 0.2) is 99.2 Å².